The lowest BCUT2D eigenvalue weighted by atomic mass is 9.85. The summed E-state index contributed by atoms with van der Waals surface area (Å²) in [5.74, 6) is 14.0. The first-order valence-corrected chi connectivity index (χ1v) is 41.8. The van der Waals surface area contributed by atoms with E-state index in [0.29, 0.717) is 36.9 Å². The zero-order chi connectivity index (χ0) is 67.6. The SMILES string of the molecule is CC1CCCC(C)CCCC(C)CCC(C)CCCC(C)CCCC(C)CCCC(C)CCOC(CO)COCCC(C)CCCC2CCC(C2)C(C)CCCC(C)CCC(C)CCCC(C)CCCC(C)CCCC(C)CCOC(CO)COCCC(C)CCC1. The van der Waals surface area contributed by atoms with Crippen LogP contribution in [-0.2, 0) is 18.9 Å². The van der Waals surface area contributed by atoms with Crippen molar-refractivity contribution in [3.8, 4) is 0 Å². The molecule has 1 heterocycles. The molecule has 2 bridgehead atoms. The molecule has 2 N–H and O–H groups in total. The van der Waals surface area contributed by atoms with Crippen molar-refractivity contribution in [3.05, 3.63) is 0 Å². The van der Waals surface area contributed by atoms with E-state index in [0.717, 1.165) is 129 Å². The smallest absolute Gasteiger partial charge is 0.104 e. The maximum Gasteiger partial charge on any atom is 0.104 e. The Bertz CT molecular complexity index is 1570. The summed E-state index contributed by atoms with van der Waals surface area (Å²) in [5.41, 5.74) is 0. The molecule has 92 heavy (non-hydrogen) atoms. The fourth-order valence-corrected chi connectivity index (χ4v) is 16.3. The lowest BCUT2D eigenvalue weighted by Gasteiger charge is -2.21. The molecular formula is C86H170O6. The third-order valence-electron chi connectivity index (χ3n) is 24.4. The summed E-state index contributed by atoms with van der Waals surface area (Å²) < 4.78 is 24.4. The number of fused-ring (bicyclic) bond motifs is 2. The maximum atomic E-state index is 10.1. The van der Waals surface area contributed by atoms with E-state index in [1.54, 1.807) is 0 Å². The predicted octanol–water partition coefficient (Wildman–Crippen LogP) is 25.7. The number of aliphatic hydroxyl groups excluding tert-OH is 2. The van der Waals surface area contributed by atoms with E-state index < -0.39 is 0 Å². The van der Waals surface area contributed by atoms with Gasteiger partial charge in [0.15, 0.2) is 0 Å². The van der Waals surface area contributed by atoms with Gasteiger partial charge >= 0.3 is 0 Å². The molecule has 0 aromatic rings. The average Bonchev–Trinajstić information content (AvgIpc) is 2.83. The Morgan fingerprint density at radius 2 is 0.446 bits per heavy atom. The topological polar surface area (TPSA) is 77.4 Å². The van der Waals surface area contributed by atoms with Crippen LogP contribution < -0.4 is 0 Å². The van der Waals surface area contributed by atoms with Gasteiger partial charge in [0, 0.05) is 26.4 Å². The van der Waals surface area contributed by atoms with Crippen molar-refractivity contribution < 1.29 is 29.2 Å². The van der Waals surface area contributed by atoms with Gasteiger partial charge in [0.25, 0.3) is 0 Å². The van der Waals surface area contributed by atoms with Gasteiger partial charge in [0.2, 0.25) is 0 Å². The summed E-state index contributed by atoms with van der Waals surface area (Å²) in [6.45, 7) is 41.3. The molecule has 0 spiro atoms. The van der Waals surface area contributed by atoms with Crippen molar-refractivity contribution in [1.82, 2.24) is 0 Å². The van der Waals surface area contributed by atoms with E-state index in [9.17, 15) is 10.2 Å². The standard InChI is InChI=1S/C86H170O6/c1-68-27-16-30-71(4)36-22-42-78(11)55-59-89-66-85(64-87)91-61-57-80(13)43-23-37-73(6)32-18-29-70(3)35-21-41-76(9)51-52-77(10)45-25-47-82(15)84-54-53-83(63-84)48-26-46-79(12)56-60-90-67-86(65-88)92-62-58-81(14)44-24-38-72(5)31-17-28-69(2)34-20-40-75(8)50-49-74(7)39-19-33-68/h68-88H,16-67H2,1-15H3. The molecule has 19 unspecified atom stereocenters. The van der Waals surface area contributed by atoms with Crippen molar-refractivity contribution in [2.45, 2.75) is 399 Å². The first kappa shape index (κ1) is 87.8. The number of hydrogen-bond donors (Lipinski definition) is 2. The Morgan fingerprint density at radius 1 is 0.228 bits per heavy atom. The van der Waals surface area contributed by atoms with Gasteiger partial charge in [0.05, 0.1) is 26.4 Å². The van der Waals surface area contributed by atoms with Gasteiger partial charge in [-0.05, 0) is 139 Å². The van der Waals surface area contributed by atoms with Gasteiger partial charge in [-0.1, -0.05) is 348 Å². The number of ether oxygens (including phenoxy) is 4. The molecule has 19 atom stereocenters. The minimum atomic E-state index is -0.203. The Labute approximate surface area is 578 Å². The largest absolute Gasteiger partial charge is 0.394 e. The highest BCUT2D eigenvalue weighted by atomic mass is 16.5. The van der Waals surface area contributed by atoms with Gasteiger partial charge in [0.1, 0.15) is 12.2 Å². The van der Waals surface area contributed by atoms with E-state index >= 15 is 0 Å². The van der Waals surface area contributed by atoms with Crippen LogP contribution in [0.2, 0.25) is 0 Å². The lowest BCUT2D eigenvalue weighted by Crippen LogP contribution is -2.25. The van der Waals surface area contributed by atoms with E-state index in [1.807, 2.05) is 0 Å². The third kappa shape index (κ3) is 50.1. The van der Waals surface area contributed by atoms with Gasteiger partial charge in [-0.15, -0.1) is 0 Å². The second kappa shape index (κ2) is 57.5. The Balaban J connectivity index is 1.73. The van der Waals surface area contributed by atoms with Crippen LogP contribution in [0.15, 0.2) is 0 Å². The molecule has 2 rings (SSSR count). The molecule has 0 radical (unpaired) electrons. The lowest BCUT2D eigenvalue weighted by molar-refractivity contribution is -0.0471. The summed E-state index contributed by atoms with van der Waals surface area (Å²) in [5, 5.41) is 20.1. The van der Waals surface area contributed by atoms with Crippen molar-refractivity contribution >= 4 is 0 Å². The maximum absolute atomic E-state index is 10.1. The first-order chi connectivity index (χ1) is 44.2. The van der Waals surface area contributed by atoms with Crippen molar-refractivity contribution in [2.24, 2.45) is 101 Å². The molecule has 1 aliphatic carbocycles. The Kier molecular flexibility index (Phi) is 54.9. The molecule has 2 aliphatic rings. The Morgan fingerprint density at radius 3 is 0.707 bits per heavy atom. The molecule has 1 saturated carbocycles. The van der Waals surface area contributed by atoms with E-state index in [2.05, 4.69) is 104 Å². The van der Waals surface area contributed by atoms with E-state index in [1.165, 1.54) is 257 Å². The predicted molar refractivity (Wildman–Crippen MR) is 403 cm³/mol. The monoisotopic (exact) mass is 1300 g/mol. The molecule has 0 amide bonds. The second-order valence-corrected chi connectivity index (χ2v) is 34.9. The van der Waals surface area contributed by atoms with Crippen molar-refractivity contribution in [3.63, 3.8) is 0 Å². The van der Waals surface area contributed by atoms with Crippen LogP contribution in [0.4, 0.5) is 0 Å². The fraction of sp³-hybridized carbons (Fsp3) is 1.00. The van der Waals surface area contributed by atoms with Gasteiger partial charge in [-0.2, -0.15) is 0 Å². The van der Waals surface area contributed by atoms with Crippen LogP contribution in [0.5, 0.6) is 0 Å². The zero-order valence-corrected chi connectivity index (χ0v) is 65.3. The van der Waals surface area contributed by atoms with Crippen LogP contribution in [0.1, 0.15) is 386 Å². The van der Waals surface area contributed by atoms with Crippen molar-refractivity contribution in [2.75, 3.05) is 52.9 Å². The van der Waals surface area contributed by atoms with Crippen LogP contribution >= 0.6 is 0 Å². The Hall–Kier alpha value is -0.240. The van der Waals surface area contributed by atoms with Crippen molar-refractivity contribution in [1.29, 1.82) is 0 Å². The second-order valence-electron chi connectivity index (χ2n) is 34.9. The summed E-state index contributed by atoms with van der Waals surface area (Å²) in [6.07, 6.45) is 59.4. The molecule has 1 saturated heterocycles. The highest BCUT2D eigenvalue weighted by Crippen LogP contribution is 2.41. The van der Waals surface area contributed by atoms with Gasteiger partial charge in [-0.3, -0.25) is 0 Å². The highest BCUT2D eigenvalue weighted by Gasteiger charge is 2.28. The first-order valence-electron chi connectivity index (χ1n) is 41.8. The molecule has 0 aromatic carbocycles. The fourth-order valence-electron chi connectivity index (χ4n) is 16.3. The summed E-state index contributed by atoms with van der Waals surface area (Å²) in [7, 11) is 0. The van der Waals surface area contributed by atoms with Crippen LogP contribution in [0, 0.1) is 101 Å². The minimum absolute atomic E-state index is 0.0421. The molecule has 0 aromatic heterocycles. The number of hydrogen-bond acceptors (Lipinski definition) is 6. The summed E-state index contributed by atoms with van der Waals surface area (Å²) in [6, 6.07) is 0. The number of rotatable bonds is 2. The molecule has 6 nitrogen and oxygen atoms in total. The molecule has 1 aliphatic heterocycles. The quantitative estimate of drug-likeness (QED) is 0.287. The number of aliphatic hydroxyl groups is 2. The van der Waals surface area contributed by atoms with E-state index in [4.69, 9.17) is 18.9 Å². The normalized spacial score (nSPS) is 37.2. The summed E-state index contributed by atoms with van der Waals surface area (Å²) >= 11 is 0. The van der Waals surface area contributed by atoms with Crippen LogP contribution in [-0.4, -0.2) is 75.3 Å². The van der Waals surface area contributed by atoms with Gasteiger partial charge < -0.3 is 29.2 Å². The zero-order valence-electron chi connectivity index (χ0n) is 65.3. The molecule has 2 fully saturated rings. The van der Waals surface area contributed by atoms with Gasteiger partial charge in [-0.25, -0.2) is 0 Å². The third-order valence-corrected chi connectivity index (χ3v) is 24.4. The molecular weight excluding hydrogens is 1130 g/mol. The highest BCUT2D eigenvalue weighted by molar-refractivity contribution is 4.80. The van der Waals surface area contributed by atoms with Crippen LogP contribution in [0.3, 0.4) is 0 Å². The van der Waals surface area contributed by atoms with Crippen LogP contribution in [0.25, 0.3) is 0 Å². The minimum Gasteiger partial charge on any atom is -0.394 e. The molecule has 550 valence electrons. The van der Waals surface area contributed by atoms with E-state index in [-0.39, 0.29) is 25.4 Å². The molecule has 6 heteroatoms. The average molecular weight is 1300 g/mol. The summed E-state index contributed by atoms with van der Waals surface area (Å²) in [4.78, 5) is 0.